The number of aromatic nitrogens is 1. The molecule has 0 radical (unpaired) electrons. The molecule has 0 saturated heterocycles. The van der Waals surface area contributed by atoms with Gasteiger partial charge in [0.15, 0.2) is 12.0 Å². The summed E-state index contributed by atoms with van der Waals surface area (Å²) in [6.07, 6.45) is 2.64. The van der Waals surface area contributed by atoms with Gasteiger partial charge in [-0.25, -0.2) is 13.4 Å². The van der Waals surface area contributed by atoms with E-state index in [0.29, 0.717) is 17.7 Å². The second kappa shape index (κ2) is 5.64. The predicted octanol–water partition coefficient (Wildman–Crippen LogP) is 1.98. The minimum absolute atomic E-state index is 0.0253. The van der Waals surface area contributed by atoms with Gasteiger partial charge in [-0.05, 0) is 18.6 Å². The first-order valence-electron chi connectivity index (χ1n) is 5.53. The molecular weight excluding hydrogens is 288 g/mol. The highest BCUT2D eigenvalue weighted by molar-refractivity contribution is 7.89. The van der Waals surface area contributed by atoms with Gasteiger partial charge in [-0.2, -0.15) is 4.72 Å². The molecule has 1 N–H and O–H groups in total. The van der Waals surface area contributed by atoms with Crippen LogP contribution in [-0.2, 0) is 10.0 Å². The van der Waals surface area contributed by atoms with Gasteiger partial charge in [0.05, 0.1) is 6.04 Å². The highest BCUT2D eigenvalue weighted by Crippen LogP contribution is 2.22. The fourth-order valence-electron chi connectivity index (χ4n) is 1.50. The van der Waals surface area contributed by atoms with Gasteiger partial charge < -0.3 is 4.42 Å². The van der Waals surface area contributed by atoms with Crippen molar-refractivity contribution in [2.24, 2.45) is 0 Å². The molecule has 1 atom stereocenters. The third kappa shape index (κ3) is 3.09. The molecule has 102 valence electrons. The van der Waals surface area contributed by atoms with Crippen LogP contribution < -0.4 is 4.72 Å². The maximum absolute atomic E-state index is 12.1. The van der Waals surface area contributed by atoms with E-state index in [1.165, 1.54) is 23.5 Å². The molecule has 0 aromatic carbocycles. The summed E-state index contributed by atoms with van der Waals surface area (Å²) in [6, 6.07) is 2.15. The van der Waals surface area contributed by atoms with Crippen molar-refractivity contribution in [3.05, 3.63) is 34.5 Å². The highest BCUT2D eigenvalue weighted by Gasteiger charge is 2.24. The van der Waals surface area contributed by atoms with Crippen LogP contribution in [0, 0.1) is 0 Å². The van der Waals surface area contributed by atoms with Gasteiger partial charge in [-0.3, -0.25) is 4.79 Å². The molecule has 0 fully saturated rings. The lowest BCUT2D eigenvalue weighted by Crippen LogP contribution is -2.28. The van der Waals surface area contributed by atoms with Crippen LogP contribution in [0.5, 0.6) is 0 Å². The van der Waals surface area contributed by atoms with Crippen LogP contribution in [0.25, 0.3) is 0 Å². The number of carbonyl (C=O) groups is 1. The lowest BCUT2D eigenvalue weighted by molar-refractivity contribution is 0.109. The first-order valence-corrected chi connectivity index (χ1v) is 7.90. The summed E-state index contributed by atoms with van der Waals surface area (Å²) in [4.78, 5) is 14.6. The molecule has 8 heteroatoms. The van der Waals surface area contributed by atoms with E-state index >= 15 is 0 Å². The molecule has 19 heavy (non-hydrogen) atoms. The topological polar surface area (TPSA) is 89.3 Å². The van der Waals surface area contributed by atoms with E-state index in [0.717, 1.165) is 0 Å². The zero-order chi connectivity index (χ0) is 13.9. The number of sulfonamides is 1. The van der Waals surface area contributed by atoms with Gasteiger partial charge >= 0.3 is 0 Å². The Morgan fingerprint density at radius 3 is 2.84 bits per heavy atom. The number of thiazole rings is 1. The Morgan fingerprint density at radius 1 is 1.53 bits per heavy atom. The van der Waals surface area contributed by atoms with Crippen molar-refractivity contribution in [2.45, 2.75) is 24.5 Å². The van der Waals surface area contributed by atoms with E-state index in [1.54, 1.807) is 11.6 Å². The first-order chi connectivity index (χ1) is 9.06. The molecule has 1 unspecified atom stereocenters. The molecule has 2 rings (SSSR count). The van der Waals surface area contributed by atoms with Crippen molar-refractivity contribution in [1.82, 2.24) is 9.71 Å². The fraction of sp³-hybridized carbons (Fsp3) is 0.273. The molecular formula is C11H12N2O4S2. The Labute approximate surface area is 114 Å². The van der Waals surface area contributed by atoms with Crippen molar-refractivity contribution < 1.29 is 17.6 Å². The average molecular weight is 300 g/mol. The predicted molar refractivity (Wildman–Crippen MR) is 69.6 cm³/mol. The zero-order valence-electron chi connectivity index (χ0n) is 10.1. The van der Waals surface area contributed by atoms with Gasteiger partial charge in [0.1, 0.15) is 5.01 Å². The number of nitrogens with one attached hydrogen (secondary N) is 1. The Morgan fingerprint density at radius 2 is 2.32 bits per heavy atom. The minimum atomic E-state index is -3.80. The molecule has 0 aliphatic rings. The summed E-state index contributed by atoms with van der Waals surface area (Å²) in [7, 11) is -3.80. The Bertz CT molecular complexity index is 646. The lowest BCUT2D eigenvalue weighted by Gasteiger charge is -2.13. The Kier molecular flexibility index (Phi) is 4.13. The second-order valence-electron chi connectivity index (χ2n) is 3.73. The molecule has 6 nitrogen and oxygen atoms in total. The summed E-state index contributed by atoms with van der Waals surface area (Å²) in [6.45, 7) is 1.85. The Hall–Kier alpha value is -1.51. The number of rotatable bonds is 6. The highest BCUT2D eigenvalue weighted by atomic mass is 32.2. The van der Waals surface area contributed by atoms with E-state index in [2.05, 4.69) is 9.71 Å². The van der Waals surface area contributed by atoms with Gasteiger partial charge in [0.25, 0.3) is 10.0 Å². The van der Waals surface area contributed by atoms with Crippen molar-refractivity contribution in [2.75, 3.05) is 0 Å². The van der Waals surface area contributed by atoms with E-state index in [-0.39, 0.29) is 10.9 Å². The van der Waals surface area contributed by atoms with Crippen molar-refractivity contribution in [3.8, 4) is 0 Å². The first kappa shape index (κ1) is 13.9. The largest absolute Gasteiger partial charge is 0.440 e. The number of hydrogen-bond acceptors (Lipinski definition) is 6. The summed E-state index contributed by atoms with van der Waals surface area (Å²) in [5, 5.41) is 2.20. The zero-order valence-corrected chi connectivity index (χ0v) is 11.7. The molecule has 0 aliphatic heterocycles. The van der Waals surface area contributed by atoms with Crippen LogP contribution in [0.1, 0.15) is 34.9 Å². The number of furan rings is 1. The van der Waals surface area contributed by atoms with Crippen LogP contribution in [0.15, 0.2) is 33.2 Å². The standard InChI is InChI=1S/C11H12N2O4S2/c1-2-9(11-12-5-6-18-11)13-19(15,16)10-4-3-8(7-14)17-10/h3-7,9,13H,2H2,1H3. The molecule has 0 bridgehead atoms. The van der Waals surface area contributed by atoms with E-state index in [9.17, 15) is 13.2 Å². The summed E-state index contributed by atoms with van der Waals surface area (Å²) >= 11 is 1.38. The molecule has 0 amide bonds. The maximum Gasteiger partial charge on any atom is 0.274 e. The third-order valence-corrected chi connectivity index (χ3v) is 4.67. The average Bonchev–Trinajstić information content (AvgIpc) is 3.06. The van der Waals surface area contributed by atoms with E-state index < -0.39 is 16.1 Å². The van der Waals surface area contributed by atoms with Gasteiger partial charge in [0, 0.05) is 11.6 Å². The molecule has 2 aromatic heterocycles. The van der Waals surface area contributed by atoms with Crippen molar-refractivity contribution >= 4 is 27.6 Å². The van der Waals surface area contributed by atoms with E-state index in [4.69, 9.17) is 4.42 Å². The number of aldehydes is 1. The normalized spacial score (nSPS) is 13.3. The second-order valence-corrected chi connectivity index (χ2v) is 6.30. The van der Waals surface area contributed by atoms with Crippen molar-refractivity contribution in [3.63, 3.8) is 0 Å². The summed E-state index contributed by atoms with van der Waals surface area (Å²) in [5.41, 5.74) is 0. The van der Waals surface area contributed by atoms with E-state index in [1.807, 2.05) is 6.92 Å². The number of nitrogens with zero attached hydrogens (tertiary/aromatic N) is 1. The number of carbonyl (C=O) groups excluding carboxylic acids is 1. The monoisotopic (exact) mass is 300 g/mol. The van der Waals surface area contributed by atoms with Crippen LogP contribution in [-0.4, -0.2) is 19.7 Å². The maximum atomic E-state index is 12.1. The molecule has 0 spiro atoms. The lowest BCUT2D eigenvalue weighted by atomic mass is 10.3. The van der Waals surface area contributed by atoms with Gasteiger partial charge in [0.2, 0.25) is 5.09 Å². The number of hydrogen-bond donors (Lipinski definition) is 1. The summed E-state index contributed by atoms with van der Waals surface area (Å²) < 4.78 is 31.6. The smallest absolute Gasteiger partial charge is 0.274 e. The minimum Gasteiger partial charge on any atom is -0.440 e. The summed E-state index contributed by atoms with van der Waals surface area (Å²) in [5.74, 6) is -0.0253. The van der Waals surface area contributed by atoms with Crippen molar-refractivity contribution in [1.29, 1.82) is 0 Å². The van der Waals surface area contributed by atoms with Crippen LogP contribution in [0.3, 0.4) is 0 Å². The third-order valence-electron chi connectivity index (χ3n) is 2.44. The van der Waals surface area contributed by atoms with Crippen LogP contribution in [0.2, 0.25) is 0 Å². The quantitative estimate of drug-likeness (QED) is 0.824. The van der Waals surface area contributed by atoms with Crippen LogP contribution in [0.4, 0.5) is 0 Å². The fourth-order valence-corrected chi connectivity index (χ4v) is 3.57. The molecule has 2 aromatic rings. The molecule has 2 heterocycles. The SMILES string of the molecule is CCC(NS(=O)(=O)c1ccc(C=O)o1)c1nccs1. The van der Waals surface area contributed by atoms with Gasteiger partial charge in [-0.15, -0.1) is 11.3 Å². The Balaban J connectivity index is 2.23. The molecule has 0 aliphatic carbocycles. The van der Waals surface area contributed by atoms with Gasteiger partial charge in [-0.1, -0.05) is 6.92 Å². The molecule has 0 saturated carbocycles. The van der Waals surface area contributed by atoms with Crippen LogP contribution >= 0.6 is 11.3 Å².